The average Bonchev–Trinajstić information content (AvgIpc) is 3.42. The van der Waals surface area contributed by atoms with Crippen LogP contribution in [-0.4, -0.2) is 23.9 Å². The van der Waals surface area contributed by atoms with E-state index in [0.29, 0.717) is 18.4 Å². The van der Waals surface area contributed by atoms with Crippen LogP contribution in [0.3, 0.4) is 0 Å². The van der Waals surface area contributed by atoms with Crippen molar-refractivity contribution in [3.63, 3.8) is 0 Å². The van der Waals surface area contributed by atoms with Crippen LogP contribution in [0.5, 0.6) is 0 Å². The Labute approximate surface area is 201 Å². The first kappa shape index (κ1) is 21.9. The fourth-order valence-electron chi connectivity index (χ4n) is 7.25. The molecule has 2 aromatic carbocycles. The molecule has 0 amide bonds. The predicted octanol–water partition coefficient (Wildman–Crippen LogP) is 5.66. The first-order valence-corrected chi connectivity index (χ1v) is 13.8. The molecule has 178 valence electrons. The number of hydrogen-bond acceptors (Lipinski definition) is 4. The Bertz CT molecular complexity index is 1450. The fraction of sp³-hybridized carbons (Fsp3) is 0.464. The van der Waals surface area contributed by atoms with Gasteiger partial charge in [-0.3, -0.25) is 4.79 Å². The van der Waals surface area contributed by atoms with Crippen LogP contribution in [-0.2, 0) is 20.2 Å². The second kappa shape index (κ2) is 6.75. The topological polar surface area (TPSA) is 68.2 Å². The summed E-state index contributed by atoms with van der Waals surface area (Å²) in [7, 11) is -3.76. The summed E-state index contributed by atoms with van der Waals surface area (Å²) in [6, 6.07) is 16.0. The Balaban J connectivity index is 1.47. The van der Waals surface area contributed by atoms with Crippen LogP contribution in [0.15, 0.2) is 54.7 Å². The fourth-order valence-corrected chi connectivity index (χ4v) is 9.43. The third kappa shape index (κ3) is 2.66. The minimum atomic E-state index is -3.76. The molecule has 3 atom stereocenters. The van der Waals surface area contributed by atoms with Gasteiger partial charge in [0.1, 0.15) is 5.78 Å². The quantitative estimate of drug-likeness (QED) is 0.528. The monoisotopic (exact) mass is 476 g/mol. The zero-order valence-electron chi connectivity index (χ0n) is 20.3. The second-order valence-electron chi connectivity index (χ2n) is 11.7. The molecule has 3 aromatic rings. The van der Waals surface area contributed by atoms with Crippen molar-refractivity contribution < 1.29 is 13.2 Å². The van der Waals surface area contributed by atoms with Crippen LogP contribution in [0.2, 0.25) is 0 Å². The molecule has 34 heavy (non-hydrogen) atoms. The number of ketones is 1. The molecule has 6 heteroatoms. The molecule has 5 nitrogen and oxygen atoms in total. The van der Waals surface area contributed by atoms with E-state index in [2.05, 4.69) is 45.1 Å². The molecule has 2 fully saturated rings. The maximum absolute atomic E-state index is 14.0. The highest BCUT2D eigenvalue weighted by atomic mass is 32.2. The van der Waals surface area contributed by atoms with Gasteiger partial charge in [-0.05, 0) is 41.9 Å². The number of carbonyl (C=O) groups is 1. The van der Waals surface area contributed by atoms with E-state index < -0.39 is 15.4 Å². The van der Waals surface area contributed by atoms with Crippen molar-refractivity contribution in [3.05, 3.63) is 65.9 Å². The minimum absolute atomic E-state index is 0.0650. The van der Waals surface area contributed by atoms with Crippen molar-refractivity contribution in [2.45, 2.75) is 58.4 Å². The molecule has 2 bridgehead atoms. The number of nitrogens with zero attached hydrogens (tertiary/aromatic N) is 1. The van der Waals surface area contributed by atoms with E-state index in [9.17, 15) is 13.2 Å². The summed E-state index contributed by atoms with van der Waals surface area (Å²) >= 11 is 0. The number of benzene rings is 2. The molecule has 2 aliphatic carbocycles. The van der Waals surface area contributed by atoms with Crippen molar-refractivity contribution in [1.29, 1.82) is 0 Å². The van der Waals surface area contributed by atoms with E-state index in [1.807, 2.05) is 36.4 Å². The molecule has 3 aliphatic rings. The Kier molecular flexibility index (Phi) is 4.35. The Morgan fingerprint density at radius 3 is 2.41 bits per heavy atom. The number of hydrogen-bond donors (Lipinski definition) is 1. The highest BCUT2D eigenvalue weighted by Crippen LogP contribution is 2.64. The lowest BCUT2D eigenvalue weighted by molar-refractivity contribution is -0.128. The van der Waals surface area contributed by atoms with Crippen LogP contribution in [0.1, 0.15) is 64.1 Å². The predicted molar refractivity (Wildman–Crippen MR) is 136 cm³/mol. The number of fused-ring (bicyclic) bond motifs is 4. The Morgan fingerprint density at radius 1 is 1.03 bits per heavy atom. The van der Waals surface area contributed by atoms with Crippen LogP contribution < -0.4 is 5.32 Å². The largest absolute Gasteiger partial charge is 0.377 e. The van der Waals surface area contributed by atoms with Crippen LogP contribution >= 0.6 is 0 Å². The lowest BCUT2D eigenvalue weighted by atomic mass is 9.70. The van der Waals surface area contributed by atoms with E-state index in [1.165, 1.54) is 9.54 Å². The molecule has 2 saturated carbocycles. The highest BCUT2D eigenvalue weighted by Gasteiger charge is 2.65. The molecule has 0 saturated heterocycles. The Hall–Kier alpha value is -2.60. The smallest absolute Gasteiger partial charge is 0.240 e. The molecule has 0 radical (unpaired) electrons. The summed E-state index contributed by atoms with van der Waals surface area (Å²) in [6.45, 7) is 8.59. The van der Waals surface area contributed by atoms with Gasteiger partial charge in [0.25, 0.3) is 0 Å². The second-order valence-corrected chi connectivity index (χ2v) is 13.5. The standard InChI is InChI=1S/C28H32N2O3S/c1-26(2)21-10-6-7-11-22(21)29-25(26)20-16-30(23-12-8-5-9-19(20)23)34(32,33)17-28-14-13-18(15-24(28)31)27(28,3)4/h5-12,16,18,25,29H,13-15,17H2,1-4H3/t18-,25?,28?/m0/s1. The summed E-state index contributed by atoms with van der Waals surface area (Å²) in [5.41, 5.74) is 2.68. The van der Waals surface area contributed by atoms with Crippen molar-refractivity contribution in [2.75, 3.05) is 11.1 Å². The minimum Gasteiger partial charge on any atom is -0.377 e. The van der Waals surface area contributed by atoms with Gasteiger partial charge < -0.3 is 5.32 Å². The summed E-state index contributed by atoms with van der Waals surface area (Å²) in [4.78, 5) is 13.1. The van der Waals surface area contributed by atoms with Gasteiger partial charge in [-0.15, -0.1) is 0 Å². The lowest BCUT2D eigenvalue weighted by Gasteiger charge is -2.36. The van der Waals surface area contributed by atoms with Gasteiger partial charge in [0, 0.05) is 34.7 Å². The third-order valence-electron chi connectivity index (χ3n) is 9.53. The molecule has 1 aromatic heterocycles. The summed E-state index contributed by atoms with van der Waals surface area (Å²) in [6.07, 6.45) is 3.92. The number of aromatic nitrogens is 1. The normalized spacial score (nSPS) is 28.9. The van der Waals surface area contributed by atoms with Gasteiger partial charge in [0.2, 0.25) is 10.0 Å². The van der Waals surface area contributed by atoms with Gasteiger partial charge >= 0.3 is 0 Å². The first-order valence-electron chi connectivity index (χ1n) is 12.2. The summed E-state index contributed by atoms with van der Waals surface area (Å²) < 4.78 is 29.5. The van der Waals surface area contributed by atoms with Crippen LogP contribution in [0, 0.1) is 16.7 Å². The van der Waals surface area contributed by atoms with Gasteiger partial charge in [0.15, 0.2) is 0 Å². The SMILES string of the molecule is CC1(C)c2ccccc2NC1c1cn(S(=O)(=O)CC23CC[C@@H](CC2=O)C3(C)C)c2ccccc12. The van der Waals surface area contributed by atoms with Crippen LogP contribution in [0.4, 0.5) is 5.69 Å². The lowest BCUT2D eigenvalue weighted by Crippen LogP contribution is -2.43. The maximum atomic E-state index is 14.0. The van der Waals surface area contributed by atoms with E-state index in [-0.39, 0.29) is 34.3 Å². The van der Waals surface area contributed by atoms with Crippen LogP contribution in [0.25, 0.3) is 10.9 Å². The number of nitrogens with one attached hydrogen (secondary N) is 1. The molecule has 2 unspecified atom stereocenters. The molecular formula is C28H32N2O3S. The third-order valence-corrected chi connectivity index (χ3v) is 11.3. The van der Waals surface area contributed by atoms with Gasteiger partial charge in [-0.2, -0.15) is 0 Å². The van der Waals surface area contributed by atoms with E-state index in [0.717, 1.165) is 23.1 Å². The molecule has 6 rings (SSSR count). The zero-order chi connectivity index (χ0) is 24.1. The first-order chi connectivity index (χ1) is 16.0. The number of Topliss-reactive ketones (excluding diaryl/α,β-unsaturated/α-hetero) is 1. The summed E-state index contributed by atoms with van der Waals surface area (Å²) in [5, 5.41) is 4.59. The summed E-state index contributed by atoms with van der Waals surface area (Å²) in [5.74, 6) is 0.291. The van der Waals surface area contributed by atoms with Crippen molar-refractivity contribution in [2.24, 2.45) is 16.7 Å². The molecular weight excluding hydrogens is 444 g/mol. The van der Waals surface area contributed by atoms with Crippen molar-refractivity contribution in [3.8, 4) is 0 Å². The number of anilines is 1. The molecule has 1 N–H and O–H groups in total. The molecule has 1 aliphatic heterocycles. The van der Waals surface area contributed by atoms with Crippen molar-refractivity contribution in [1.82, 2.24) is 3.97 Å². The van der Waals surface area contributed by atoms with Gasteiger partial charge in [0.05, 0.1) is 22.7 Å². The van der Waals surface area contributed by atoms with Gasteiger partial charge in [-0.1, -0.05) is 64.1 Å². The Morgan fingerprint density at radius 2 is 1.74 bits per heavy atom. The average molecular weight is 477 g/mol. The number of para-hydroxylation sites is 2. The molecule has 0 spiro atoms. The van der Waals surface area contributed by atoms with Crippen molar-refractivity contribution >= 4 is 32.4 Å². The van der Waals surface area contributed by atoms with E-state index >= 15 is 0 Å². The molecule has 2 heterocycles. The van der Waals surface area contributed by atoms with E-state index in [1.54, 1.807) is 6.20 Å². The number of carbonyl (C=O) groups excluding carboxylic acids is 1. The van der Waals surface area contributed by atoms with E-state index in [4.69, 9.17) is 0 Å². The van der Waals surface area contributed by atoms with Gasteiger partial charge in [-0.25, -0.2) is 12.4 Å². The highest BCUT2D eigenvalue weighted by molar-refractivity contribution is 7.90. The maximum Gasteiger partial charge on any atom is 0.240 e. The number of rotatable bonds is 4. The zero-order valence-corrected chi connectivity index (χ0v) is 21.1.